The first kappa shape index (κ1) is 52.2. The van der Waals surface area contributed by atoms with Gasteiger partial charge in [0.15, 0.2) is 19.9 Å². The Bertz CT molecular complexity index is 3120. The zero-order chi connectivity index (χ0) is 51.8. The molecule has 1 saturated heterocycles. The monoisotopic (exact) mass is 1060 g/mol. The average Bonchev–Trinajstić information content (AvgIpc) is 3.75. The SMILES string of the molecule is Cc1c(Cl)c2c(Cl)c(C)c1-c1c(-c3ccc(F)cc3)sc3ncnc(c13)O[C@@H](C(=O)O)Cc1cc(ccc1OCc1ccnc(-c3ccc(CO[Si](C)(C)C(C)(C)C)cc3)n1)OC[C@@H](CN1CCN(C)CC1)O2. The van der Waals surface area contributed by atoms with Crippen molar-refractivity contribution in [2.24, 2.45) is 0 Å². The minimum atomic E-state index is -1.92. The van der Waals surface area contributed by atoms with Crippen LogP contribution in [0.25, 0.3) is 43.2 Å². The molecule has 6 heterocycles. The Morgan fingerprint density at radius 2 is 1.59 bits per heavy atom. The summed E-state index contributed by atoms with van der Waals surface area (Å²) in [6.07, 6.45) is 0.869. The highest BCUT2D eigenvalue weighted by Crippen LogP contribution is 2.53. The Hall–Kier alpha value is -5.72. The maximum Gasteiger partial charge on any atom is 0.345 e. The number of piperazine rings is 1. The number of rotatable bonds is 11. The summed E-state index contributed by atoms with van der Waals surface area (Å²) in [5, 5.41) is 12.1. The number of benzene rings is 4. The van der Waals surface area contributed by atoms with Crippen LogP contribution in [0.3, 0.4) is 0 Å². The van der Waals surface area contributed by atoms with Gasteiger partial charge in [-0.1, -0.05) is 80.4 Å². The predicted molar refractivity (Wildman–Crippen MR) is 288 cm³/mol. The van der Waals surface area contributed by atoms with Crippen LogP contribution in [0, 0.1) is 19.7 Å². The number of hydrogen-bond donors (Lipinski definition) is 1. The summed E-state index contributed by atoms with van der Waals surface area (Å²) in [5.74, 6) is 0.106. The van der Waals surface area contributed by atoms with Crippen molar-refractivity contribution in [1.29, 1.82) is 0 Å². The van der Waals surface area contributed by atoms with E-state index in [4.69, 9.17) is 51.6 Å². The number of nitrogens with zero attached hydrogens (tertiary/aromatic N) is 6. The highest BCUT2D eigenvalue weighted by molar-refractivity contribution is 7.22. The molecule has 0 aliphatic carbocycles. The van der Waals surface area contributed by atoms with Crippen LogP contribution < -0.4 is 18.9 Å². The van der Waals surface area contributed by atoms with E-state index in [2.05, 4.69) is 65.7 Å². The molecule has 2 atom stereocenters. The molecule has 3 aliphatic rings. The van der Waals surface area contributed by atoms with Crippen LogP contribution in [0.15, 0.2) is 85.3 Å². The summed E-state index contributed by atoms with van der Waals surface area (Å²) in [6, 6.07) is 21.3. The van der Waals surface area contributed by atoms with E-state index in [1.54, 1.807) is 42.6 Å². The van der Waals surface area contributed by atoms with E-state index in [0.717, 1.165) is 37.3 Å². The van der Waals surface area contributed by atoms with Crippen LogP contribution in [-0.2, 0) is 28.9 Å². The van der Waals surface area contributed by atoms with Gasteiger partial charge in [-0.15, -0.1) is 11.3 Å². The van der Waals surface area contributed by atoms with Gasteiger partial charge in [0.25, 0.3) is 0 Å². The summed E-state index contributed by atoms with van der Waals surface area (Å²) < 4.78 is 47.3. The number of hydrogen-bond acceptors (Lipinski definition) is 13. The van der Waals surface area contributed by atoms with E-state index >= 15 is 0 Å². The molecule has 0 radical (unpaired) electrons. The third-order valence-electron chi connectivity index (χ3n) is 14.1. The van der Waals surface area contributed by atoms with Crippen LogP contribution in [0.2, 0.25) is 28.2 Å². The number of likely N-dealkylation sites (N-methyl/N-ethyl adjacent to an activating group) is 1. The van der Waals surface area contributed by atoms with Crippen molar-refractivity contribution < 1.29 is 37.7 Å². The largest absolute Gasteiger partial charge is 0.490 e. The normalized spacial score (nSPS) is 16.9. The number of carboxylic acids is 1. The Labute approximate surface area is 440 Å². The van der Waals surface area contributed by atoms with Crippen LogP contribution in [0.1, 0.15) is 48.7 Å². The molecule has 10 rings (SSSR count). The number of aliphatic carboxylic acids is 1. The lowest BCUT2D eigenvalue weighted by atomic mass is 9.92. The molecule has 1 N–H and O–H groups in total. The van der Waals surface area contributed by atoms with Crippen molar-refractivity contribution in [2.45, 2.75) is 84.6 Å². The van der Waals surface area contributed by atoms with Crippen LogP contribution >= 0.6 is 34.5 Å². The van der Waals surface area contributed by atoms with Gasteiger partial charge < -0.3 is 33.4 Å². The summed E-state index contributed by atoms with van der Waals surface area (Å²) in [6.45, 7) is 19.6. The Morgan fingerprint density at radius 3 is 2.27 bits per heavy atom. The van der Waals surface area contributed by atoms with Crippen LogP contribution in [0.4, 0.5) is 4.39 Å². The fourth-order valence-corrected chi connectivity index (χ4v) is 11.3. The van der Waals surface area contributed by atoms with Crippen LogP contribution in [0.5, 0.6) is 23.1 Å². The van der Waals surface area contributed by atoms with E-state index in [0.29, 0.717) is 100 Å². The van der Waals surface area contributed by atoms with Gasteiger partial charge in [-0.3, -0.25) is 4.90 Å². The fourth-order valence-electron chi connectivity index (χ4n) is 8.71. The molecule has 0 saturated carbocycles. The Morgan fingerprint density at radius 1 is 0.890 bits per heavy atom. The van der Waals surface area contributed by atoms with E-state index in [-0.39, 0.29) is 30.6 Å². The molecule has 0 spiro atoms. The van der Waals surface area contributed by atoms with E-state index in [1.807, 2.05) is 38.1 Å². The molecule has 1 fully saturated rings. The summed E-state index contributed by atoms with van der Waals surface area (Å²) in [4.78, 5) is 37.9. The first-order valence-electron chi connectivity index (χ1n) is 24.3. The number of carbonyl (C=O) groups is 1. The third-order valence-corrected chi connectivity index (χ3v) is 20.6. The molecule has 13 nitrogen and oxygen atoms in total. The second-order valence-corrected chi connectivity index (χ2v) is 26.8. The first-order chi connectivity index (χ1) is 34.8. The predicted octanol–water partition coefficient (Wildman–Crippen LogP) is 12.1. The summed E-state index contributed by atoms with van der Waals surface area (Å²) in [5.41, 5.74) is 6.30. The lowest BCUT2D eigenvalue weighted by molar-refractivity contribution is -0.145. The summed E-state index contributed by atoms with van der Waals surface area (Å²) in [7, 11) is 0.184. The second kappa shape index (κ2) is 21.6. The lowest BCUT2D eigenvalue weighted by Crippen LogP contribution is -2.49. The summed E-state index contributed by atoms with van der Waals surface area (Å²) >= 11 is 16.0. The molecule has 4 aromatic carbocycles. The first-order valence-corrected chi connectivity index (χ1v) is 28.7. The molecule has 3 aromatic heterocycles. The maximum atomic E-state index is 14.4. The quantitative estimate of drug-likeness (QED) is 0.123. The molecular weight excluding hydrogens is 1010 g/mol. The molecule has 382 valence electrons. The van der Waals surface area contributed by atoms with E-state index < -0.39 is 32.3 Å². The number of carboxylic acid groups (broad SMARTS) is 1. The Kier molecular flexibility index (Phi) is 15.4. The zero-order valence-electron chi connectivity index (χ0n) is 42.2. The number of ether oxygens (including phenoxy) is 4. The van der Waals surface area contributed by atoms with Gasteiger partial charge in [-0.25, -0.2) is 29.1 Å². The number of fused-ring (bicyclic) bond motifs is 7. The molecule has 4 bridgehead atoms. The van der Waals surface area contributed by atoms with Gasteiger partial charge in [0.1, 0.15) is 47.8 Å². The number of thiophene rings is 1. The van der Waals surface area contributed by atoms with Crippen molar-refractivity contribution >= 4 is 59.0 Å². The van der Waals surface area contributed by atoms with Crippen molar-refractivity contribution in [3.8, 4) is 56.1 Å². The fraction of sp³-hybridized carbons (Fsp3) is 0.364. The standard InChI is InChI=1S/C55H59Cl2FN6O7SSi/c1-32-44-33(2)48(57)49(47(32)56)70-41(27-64-23-21-63(6)22-24-64)30-67-40-17-18-42(68-29-39-19-20-59-51(62-39)36-11-9-34(10-12-36)28-69-73(7,8)55(3,4)5)37(25-40)26-43(54(65)66)71-52-46-45(44)50(72-53(46)61-31-60-52)35-13-15-38(58)16-14-35/h9-20,25,31,41,43H,21-24,26-30H2,1-8H3,(H,65,66)/t41-,43-/m1/s1. The van der Waals surface area contributed by atoms with Gasteiger partial charge >= 0.3 is 5.97 Å². The second-order valence-electron chi connectivity index (χ2n) is 20.2. The highest BCUT2D eigenvalue weighted by Gasteiger charge is 2.37. The molecular formula is C55H59Cl2FN6O7SSi. The smallest absolute Gasteiger partial charge is 0.345 e. The highest BCUT2D eigenvalue weighted by atomic mass is 35.5. The molecule has 73 heavy (non-hydrogen) atoms. The van der Waals surface area contributed by atoms with Crippen molar-refractivity contribution in [3.05, 3.63) is 129 Å². The number of aromatic nitrogens is 4. The van der Waals surface area contributed by atoms with Gasteiger partial charge in [-0.05, 0) is 103 Å². The molecule has 0 amide bonds. The molecule has 3 aliphatic heterocycles. The van der Waals surface area contributed by atoms with Gasteiger partial charge in [0.05, 0.1) is 27.7 Å². The molecule has 7 aromatic rings. The molecule has 0 unspecified atom stereocenters. The minimum Gasteiger partial charge on any atom is -0.490 e. The number of halogens is 3. The van der Waals surface area contributed by atoms with Crippen molar-refractivity contribution in [1.82, 2.24) is 29.7 Å². The minimum absolute atomic E-state index is 0.0273. The zero-order valence-corrected chi connectivity index (χ0v) is 45.6. The average molecular weight is 1070 g/mol. The van der Waals surface area contributed by atoms with Crippen molar-refractivity contribution in [2.75, 3.05) is 46.4 Å². The van der Waals surface area contributed by atoms with E-state index in [9.17, 15) is 14.3 Å². The van der Waals surface area contributed by atoms with Gasteiger partial charge in [0.2, 0.25) is 12.0 Å². The third kappa shape index (κ3) is 11.5. The Balaban J connectivity index is 1.09. The molecule has 18 heteroatoms. The van der Waals surface area contributed by atoms with Crippen molar-refractivity contribution in [3.63, 3.8) is 0 Å². The topological polar surface area (TPSA) is 141 Å². The maximum absolute atomic E-state index is 14.4. The van der Waals surface area contributed by atoms with Gasteiger partial charge in [-0.2, -0.15) is 0 Å². The van der Waals surface area contributed by atoms with Crippen LogP contribution in [-0.4, -0.2) is 108 Å². The lowest BCUT2D eigenvalue weighted by Gasteiger charge is -2.36. The van der Waals surface area contributed by atoms with E-state index in [1.165, 1.54) is 29.8 Å². The van der Waals surface area contributed by atoms with Gasteiger partial charge in [0, 0.05) is 66.9 Å².